The Hall–Kier alpha value is -2.41. The van der Waals surface area contributed by atoms with Gasteiger partial charge in [-0.05, 0) is 63.9 Å². The predicted octanol–water partition coefficient (Wildman–Crippen LogP) is 2.63. The maximum absolute atomic E-state index is 13.0. The molecule has 2 aromatic rings. The van der Waals surface area contributed by atoms with Crippen LogP contribution in [0.5, 0.6) is 0 Å². The Bertz CT molecular complexity index is 1030. The SMILES string of the molecule is CCn1c(=O)c(=O)[nH]c2cc(C(=O)NCC3(N4CCCCC4)CCCCC3)ccc21. The van der Waals surface area contributed by atoms with Crippen molar-refractivity contribution in [2.45, 2.75) is 70.4 Å². The first-order valence-electron chi connectivity index (χ1n) is 11.3. The average molecular weight is 413 g/mol. The quantitative estimate of drug-likeness (QED) is 0.739. The first-order valence-corrected chi connectivity index (χ1v) is 11.3. The number of amides is 1. The number of carbonyl (C=O) groups excluding carboxylic acids is 1. The molecule has 0 atom stereocenters. The van der Waals surface area contributed by atoms with E-state index in [2.05, 4.69) is 15.2 Å². The number of carbonyl (C=O) groups is 1. The molecule has 1 aliphatic carbocycles. The number of fused-ring (bicyclic) bond motifs is 1. The van der Waals surface area contributed by atoms with Gasteiger partial charge in [-0.15, -0.1) is 0 Å². The van der Waals surface area contributed by atoms with E-state index in [1.807, 2.05) is 6.92 Å². The second-order valence-corrected chi connectivity index (χ2v) is 8.75. The van der Waals surface area contributed by atoms with Crippen LogP contribution in [-0.4, -0.2) is 45.5 Å². The topological polar surface area (TPSA) is 87.2 Å². The lowest BCUT2D eigenvalue weighted by Crippen LogP contribution is -2.58. The van der Waals surface area contributed by atoms with Crippen molar-refractivity contribution in [2.75, 3.05) is 19.6 Å². The van der Waals surface area contributed by atoms with Crippen LogP contribution in [0.2, 0.25) is 0 Å². The highest BCUT2D eigenvalue weighted by Gasteiger charge is 2.38. The lowest BCUT2D eigenvalue weighted by Gasteiger charge is -2.48. The van der Waals surface area contributed by atoms with Crippen molar-refractivity contribution < 1.29 is 4.79 Å². The fourth-order valence-corrected chi connectivity index (χ4v) is 5.26. The summed E-state index contributed by atoms with van der Waals surface area (Å²) in [6, 6.07) is 5.15. The fraction of sp³-hybridized carbons (Fsp3) is 0.609. The van der Waals surface area contributed by atoms with Crippen molar-refractivity contribution in [3.8, 4) is 0 Å². The number of likely N-dealkylation sites (tertiary alicyclic amines) is 1. The number of aryl methyl sites for hydroxylation is 1. The number of nitrogens with one attached hydrogen (secondary N) is 2. The van der Waals surface area contributed by atoms with Crippen LogP contribution in [0.25, 0.3) is 11.0 Å². The summed E-state index contributed by atoms with van der Waals surface area (Å²) in [4.78, 5) is 42.2. The minimum atomic E-state index is -0.659. The number of hydrogen-bond acceptors (Lipinski definition) is 4. The maximum Gasteiger partial charge on any atom is 0.316 e. The fourth-order valence-electron chi connectivity index (χ4n) is 5.26. The molecule has 1 aliphatic heterocycles. The van der Waals surface area contributed by atoms with Crippen molar-refractivity contribution in [3.63, 3.8) is 0 Å². The van der Waals surface area contributed by atoms with E-state index in [1.165, 1.54) is 43.1 Å². The molecule has 0 unspecified atom stereocenters. The molecular weight excluding hydrogens is 380 g/mol. The zero-order chi connectivity index (χ0) is 21.1. The molecule has 30 heavy (non-hydrogen) atoms. The largest absolute Gasteiger partial charge is 0.350 e. The standard InChI is InChI=1S/C23H32N4O3/c1-2-27-19-10-9-17(15-18(19)25-21(29)22(27)30)20(28)24-16-23(11-5-3-6-12-23)26-13-7-4-8-14-26/h9-10,15H,2-8,11-14,16H2,1H3,(H,24,28)(H,25,29). The third-order valence-electron chi connectivity index (χ3n) is 6.94. The maximum atomic E-state index is 13.0. The molecule has 0 radical (unpaired) electrons. The molecule has 7 heteroatoms. The average Bonchev–Trinajstić information content (AvgIpc) is 2.79. The van der Waals surface area contributed by atoms with Gasteiger partial charge in [0.25, 0.3) is 5.91 Å². The summed E-state index contributed by atoms with van der Waals surface area (Å²) >= 11 is 0. The number of benzene rings is 1. The van der Waals surface area contributed by atoms with Crippen molar-refractivity contribution >= 4 is 16.9 Å². The third kappa shape index (κ3) is 3.95. The second-order valence-electron chi connectivity index (χ2n) is 8.75. The number of piperidine rings is 1. The third-order valence-corrected chi connectivity index (χ3v) is 6.94. The van der Waals surface area contributed by atoms with Gasteiger partial charge in [0.2, 0.25) is 0 Å². The van der Waals surface area contributed by atoms with E-state index in [1.54, 1.807) is 18.2 Å². The van der Waals surface area contributed by atoms with E-state index in [-0.39, 0.29) is 11.4 Å². The van der Waals surface area contributed by atoms with Crippen LogP contribution in [0, 0.1) is 0 Å². The minimum absolute atomic E-state index is 0.0716. The Kier molecular flexibility index (Phi) is 6.09. The molecule has 7 nitrogen and oxygen atoms in total. The van der Waals surface area contributed by atoms with Gasteiger partial charge in [0, 0.05) is 24.2 Å². The lowest BCUT2D eigenvalue weighted by molar-refractivity contribution is 0.0326. The van der Waals surface area contributed by atoms with E-state index >= 15 is 0 Å². The number of H-pyrrole nitrogens is 1. The van der Waals surface area contributed by atoms with Crippen molar-refractivity contribution in [2.24, 2.45) is 0 Å². The summed E-state index contributed by atoms with van der Waals surface area (Å²) in [5, 5.41) is 3.18. The first-order chi connectivity index (χ1) is 14.5. The van der Waals surface area contributed by atoms with Gasteiger partial charge in [-0.1, -0.05) is 25.7 Å². The summed E-state index contributed by atoms with van der Waals surface area (Å²) in [5.41, 5.74) is 0.496. The number of aromatic amines is 1. The molecule has 162 valence electrons. The molecule has 4 rings (SSSR count). The zero-order valence-corrected chi connectivity index (χ0v) is 17.8. The van der Waals surface area contributed by atoms with Crippen LogP contribution in [0.3, 0.4) is 0 Å². The second kappa shape index (κ2) is 8.76. The Morgan fingerprint density at radius 1 is 1.07 bits per heavy atom. The zero-order valence-electron chi connectivity index (χ0n) is 17.8. The van der Waals surface area contributed by atoms with Gasteiger partial charge in [-0.2, -0.15) is 0 Å². The smallest absolute Gasteiger partial charge is 0.316 e. The van der Waals surface area contributed by atoms with Crippen LogP contribution in [-0.2, 0) is 6.54 Å². The summed E-state index contributed by atoms with van der Waals surface area (Å²) in [7, 11) is 0. The Labute approximate surface area is 176 Å². The highest BCUT2D eigenvalue weighted by Crippen LogP contribution is 2.35. The Balaban J connectivity index is 1.55. The summed E-state index contributed by atoms with van der Waals surface area (Å²) in [6.45, 7) is 5.15. The van der Waals surface area contributed by atoms with Crippen molar-refractivity contribution in [1.29, 1.82) is 0 Å². The molecule has 0 spiro atoms. The van der Waals surface area contributed by atoms with E-state index < -0.39 is 11.1 Å². The molecule has 1 amide bonds. The summed E-state index contributed by atoms with van der Waals surface area (Å²) in [6.07, 6.45) is 9.79. The number of aromatic nitrogens is 2. The molecule has 1 aromatic heterocycles. The number of rotatable bonds is 5. The normalized spacial score (nSPS) is 19.6. The molecule has 2 heterocycles. The Morgan fingerprint density at radius 3 is 2.47 bits per heavy atom. The highest BCUT2D eigenvalue weighted by molar-refractivity contribution is 5.97. The molecule has 1 aromatic carbocycles. The molecular formula is C23H32N4O3. The van der Waals surface area contributed by atoms with Gasteiger partial charge in [0.05, 0.1) is 11.0 Å². The molecule has 0 bridgehead atoms. The van der Waals surface area contributed by atoms with Gasteiger partial charge in [0.1, 0.15) is 0 Å². The van der Waals surface area contributed by atoms with Gasteiger partial charge >= 0.3 is 11.1 Å². The molecule has 1 saturated heterocycles. The minimum Gasteiger partial charge on any atom is -0.350 e. The highest BCUT2D eigenvalue weighted by atomic mass is 16.2. The molecule has 2 aliphatic rings. The first kappa shape index (κ1) is 20.8. The predicted molar refractivity (Wildman–Crippen MR) is 118 cm³/mol. The van der Waals surface area contributed by atoms with Gasteiger partial charge in [0.15, 0.2) is 0 Å². The monoisotopic (exact) mass is 412 g/mol. The lowest BCUT2D eigenvalue weighted by atomic mass is 9.79. The van der Waals surface area contributed by atoms with Crippen LogP contribution < -0.4 is 16.4 Å². The van der Waals surface area contributed by atoms with Gasteiger partial charge in [-0.3, -0.25) is 19.3 Å². The van der Waals surface area contributed by atoms with Crippen LogP contribution in [0.1, 0.15) is 68.6 Å². The number of nitrogens with zero attached hydrogens (tertiary/aromatic N) is 2. The molecule has 1 saturated carbocycles. The van der Waals surface area contributed by atoms with Crippen molar-refractivity contribution in [3.05, 3.63) is 44.5 Å². The van der Waals surface area contributed by atoms with Gasteiger partial charge < -0.3 is 14.9 Å². The summed E-state index contributed by atoms with van der Waals surface area (Å²) in [5.74, 6) is -0.131. The molecule has 2 N–H and O–H groups in total. The van der Waals surface area contributed by atoms with E-state index in [0.717, 1.165) is 25.9 Å². The van der Waals surface area contributed by atoms with E-state index in [0.29, 0.717) is 29.7 Å². The van der Waals surface area contributed by atoms with Crippen molar-refractivity contribution in [1.82, 2.24) is 19.8 Å². The Morgan fingerprint density at radius 2 is 1.77 bits per heavy atom. The van der Waals surface area contributed by atoms with Gasteiger partial charge in [-0.25, -0.2) is 0 Å². The summed E-state index contributed by atoms with van der Waals surface area (Å²) < 4.78 is 1.43. The van der Waals surface area contributed by atoms with E-state index in [9.17, 15) is 14.4 Å². The van der Waals surface area contributed by atoms with Crippen LogP contribution >= 0.6 is 0 Å². The van der Waals surface area contributed by atoms with E-state index in [4.69, 9.17) is 0 Å². The number of hydrogen-bond donors (Lipinski definition) is 2. The van der Waals surface area contributed by atoms with Crippen LogP contribution in [0.4, 0.5) is 0 Å². The van der Waals surface area contributed by atoms with Crippen LogP contribution in [0.15, 0.2) is 27.8 Å². The molecule has 2 fully saturated rings.